The van der Waals surface area contributed by atoms with Crippen LogP contribution in [0.2, 0.25) is 0 Å². The topological polar surface area (TPSA) is 32.7 Å². The number of hydrogen-bond donors (Lipinski definition) is 1. The Morgan fingerprint density at radius 3 is 2.44 bits per heavy atom. The normalized spacial score (nSPS) is 10.8. The minimum absolute atomic E-state index is 0.343. The van der Waals surface area contributed by atoms with Crippen LogP contribution in [0.4, 0.5) is 0 Å². The Hall–Kier alpha value is -1.22. The van der Waals surface area contributed by atoms with Crippen LogP contribution >= 0.6 is 0 Å². The molecule has 0 bridgehead atoms. The van der Waals surface area contributed by atoms with E-state index in [1.54, 1.807) is 12.1 Å². The maximum atomic E-state index is 9.76. The lowest BCUT2D eigenvalue weighted by Crippen LogP contribution is -2.22. The van der Waals surface area contributed by atoms with Crippen molar-refractivity contribution < 1.29 is 9.84 Å². The van der Waals surface area contributed by atoms with Gasteiger partial charge in [0.2, 0.25) is 0 Å². The molecular formula is C13H21NO2. The Balaban J connectivity index is 2.80. The van der Waals surface area contributed by atoms with E-state index in [9.17, 15) is 5.11 Å². The third-order valence-electron chi connectivity index (χ3n) is 2.65. The summed E-state index contributed by atoms with van der Waals surface area (Å²) in [5.74, 6) is 1.16. The molecule has 0 heterocycles. The quantitative estimate of drug-likeness (QED) is 0.804. The smallest absolute Gasteiger partial charge is 0.120 e. The zero-order chi connectivity index (χ0) is 12.0. The first-order valence-corrected chi connectivity index (χ1v) is 5.88. The van der Waals surface area contributed by atoms with E-state index in [-0.39, 0.29) is 0 Å². The minimum atomic E-state index is 0.343. The van der Waals surface area contributed by atoms with Crippen LogP contribution in [0.15, 0.2) is 18.2 Å². The summed E-state index contributed by atoms with van der Waals surface area (Å²) in [6.07, 6.45) is 0. The van der Waals surface area contributed by atoms with Crippen LogP contribution in [-0.4, -0.2) is 29.7 Å². The lowest BCUT2D eigenvalue weighted by atomic mass is 10.1. The van der Waals surface area contributed by atoms with Gasteiger partial charge in [0.25, 0.3) is 0 Å². The summed E-state index contributed by atoms with van der Waals surface area (Å²) in [4.78, 5) is 2.25. The van der Waals surface area contributed by atoms with Crippen molar-refractivity contribution in [3.63, 3.8) is 0 Å². The highest BCUT2D eigenvalue weighted by Gasteiger charge is 2.07. The van der Waals surface area contributed by atoms with Gasteiger partial charge in [-0.1, -0.05) is 13.8 Å². The Bertz CT molecular complexity index is 322. The number of phenols is 1. The molecular weight excluding hydrogens is 202 g/mol. The van der Waals surface area contributed by atoms with Crippen LogP contribution in [0, 0.1) is 0 Å². The number of hydrogen-bond acceptors (Lipinski definition) is 3. The largest absolute Gasteiger partial charge is 0.508 e. The van der Waals surface area contributed by atoms with Crippen LogP contribution in [0.1, 0.15) is 26.3 Å². The summed E-state index contributed by atoms with van der Waals surface area (Å²) in [5.41, 5.74) is 0.926. The van der Waals surface area contributed by atoms with Crippen molar-refractivity contribution in [3.8, 4) is 11.5 Å². The highest BCUT2D eigenvalue weighted by atomic mass is 16.5. The number of aromatic hydroxyl groups is 1. The fourth-order valence-corrected chi connectivity index (χ4v) is 1.63. The molecule has 1 aromatic carbocycles. The molecule has 0 fully saturated rings. The minimum Gasteiger partial charge on any atom is -0.508 e. The van der Waals surface area contributed by atoms with E-state index in [1.165, 1.54) is 0 Å². The lowest BCUT2D eigenvalue weighted by molar-refractivity contribution is 0.289. The summed E-state index contributed by atoms with van der Waals surface area (Å²) in [5, 5.41) is 9.76. The number of phenolic OH excluding ortho intramolecular Hbond substituents is 1. The second kappa shape index (κ2) is 6.38. The molecule has 1 N–H and O–H groups in total. The molecule has 0 aliphatic heterocycles. The Morgan fingerprint density at radius 2 is 1.88 bits per heavy atom. The molecule has 0 aromatic heterocycles. The fourth-order valence-electron chi connectivity index (χ4n) is 1.63. The van der Waals surface area contributed by atoms with Crippen LogP contribution in [0.25, 0.3) is 0 Å². The van der Waals surface area contributed by atoms with Gasteiger partial charge >= 0.3 is 0 Å². The average molecular weight is 223 g/mol. The zero-order valence-corrected chi connectivity index (χ0v) is 10.4. The summed E-state index contributed by atoms with van der Waals surface area (Å²) in [6, 6.07) is 5.41. The average Bonchev–Trinajstić information content (AvgIpc) is 2.30. The van der Waals surface area contributed by atoms with Crippen LogP contribution in [-0.2, 0) is 6.54 Å². The molecule has 0 aliphatic carbocycles. The number of ether oxygens (including phenoxy) is 1. The lowest BCUT2D eigenvalue weighted by Gasteiger charge is -2.19. The predicted molar refractivity (Wildman–Crippen MR) is 65.9 cm³/mol. The van der Waals surface area contributed by atoms with Crippen molar-refractivity contribution in [2.24, 2.45) is 0 Å². The summed E-state index contributed by atoms with van der Waals surface area (Å²) in [7, 11) is 0. The molecule has 16 heavy (non-hydrogen) atoms. The van der Waals surface area contributed by atoms with E-state index >= 15 is 0 Å². The monoisotopic (exact) mass is 223 g/mol. The number of nitrogens with zero attached hydrogens (tertiary/aromatic N) is 1. The summed E-state index contributed by atoms with van der Waals surface area (Å²) < 4.78 is 5.42. The first kappa shape index (κ1) is 12.8. The first-order chi connectivity index (χ1) is 7.71. The summed E-state index contributed by atoms with van der Waals surface area (Å²) in [6.45, 7) is 9.57. The molecule has 0 aliphatic rings. The fraction of sp³-hybridized carbons (Fsp3) is 0.538. The van der Waals surface area contributed by atoms with E-state index < -0.39 is 0 Å². The molecule has 0 atom stereocenters. The van der Waals surface area contributed by atoms with Gasteiger partial charge in [0.05, 0.1) is 6.61 Å². The maximum Gasteiger partial charge on any atom is 0.120 e. The second-order valence-corrected chi connectivity index (χ2v) is 3.68. The Morgan fingerprint density at radius 1 is 1.19 bits per heavy atom. The Labute approximate surface area is 97.7 Å². The van der Waals surface area contributed by atoms with Crippen LogP contribution in [0.5, 0.6) is 11.5 Å². The van der Waals surface area contributed by atoms with Crippen molar-refractivity contribution in [2.75, 3.05) is 19.7 Å². The van der Waals surface area contributed by atoms with Crippen molar-refractivity contribution in [1.82, 2.24) is 4.90 Å². The Kier molecular flexibility index (Phi) is 5.12. The van der Waals surface area contributed by atoms with E-state index in [0.717, 1.165) is 30.9 Å². The van der Waals surface area contributed by atoms with Crippen molar-refractivity contribution >= 4 is 0 Å². The third-order valence-corrected chi connectivity index (χ3v) is 2.65. The molecule has 0 spiro atoms. The molecule has 90 valence electrons. The molecule has 1 rings (SSSR count). The van der Waals surface area contributed by atoms with E-state index in [4.69, 9.17) is 4.74 Å². The van der Waals surface area contributed by atoms with Gasteiger partial charge < -0.3 is 9.84 Å². The first-order valence-electron chi connectivity index (χ1n) is 5.88. The van der Waals surface area contributed by atoms with Gasteiger partial charge in [-0.25, -0.2) is 0 Å². The molecule has 3 heteroatoms. The number of benzene rings is 1. The SMILES string of the molecule is CCOc1ccc(O)c(CN(CC)CC)c1. The third kappa shape index (κ3) is 3.42. The van der Waals surface area contributed by atoms with Crippen LogP contribution in [0.3, 0.4) is 0 Å². The van der Waals surface area contributed by atoms with Crippen molar-refractivity contribution in [2.45, 2.75) is 27.3 Å². The van der Waals surface area contributed by atoms with Crippen molar-refractivity contribution in [1.29, 1.82) is 0 Å². The number of rotatable bonds is 6. The molecule has 0 saturated carbocycles. The van der Waals surface area contributed by atoms with Gasteiger partial charge in [0.15, 0.2) is 0 Å². The van der Waals surface area contributed by atoms with E-state index in [0.29, 0.717) is 12.4 Å². The summed E-state index contributed by atoms with van der Waals surface area (Å²) >= 11 is 0. The second-order valence-electron chi connectivity index (χ2n) is 3.68. The molecule has 0 radical (unpaired) electrons. The maximum absolute atomic E-state index is 9.76. The van der Waals surface area contributed by atoms with Crippen LogP contribution < -0.4 is 4.74 Å². The van der Waals surface area contributed by atoms with Gasteiger partial charge in [-0.3, -0.25) is 4.90 Å². The predicted octanol–water partition coefficient (Wildman–Crippen LogP) is 2.63. The van der Waals surface area contributed by atoms with Gasteiger partial charge in [0, 0.05) is 12.1 Å². The van der Waals surface area contributed by atoms with Gasteiger partial charge in [0.1, 0.15) is 11.5 Å². The molecule has 0 amide bonds. The molecule has 0 unspecified atom stereocenters. The molecule has 3 nitrogen and oxygen atoms in total. The molecule has 1 aromatic rings. The highest BCUT2D eigenvalue weighted by molar-refractivity contribution is 5.39. The van der Waals surface area contributed by atoms with E-state index in [1.807, 2.05) is 13.0 Å². The van der Waals surface area contributed by atoms with Gasteiger partial charge in [-0.2, -0.15) is 0 Å². The van der Waals surface area contributed by atoms with Crippen molar-refractivity contribution in [3.05, 3.63) is 23.8 Å². The molecule has 0 saturated heterocycles. The van der Waals surface area contributed by atoms with Gasteiger partial charge in [-0.15, -0.1) is 0 Å². The van der Waals surface area contributed by atoms with Gasteiger partial charge in [-0.05, 0) is 38.2 Å². The highest BCUT2D eigenvalue weighted by Crippen LogP contribution is 2.24. The standard InChI is InChI=1S/C13H21NO2/c1-4-14(5-2)10-11-9-12(16-6-3)7-8-13(11)15/h7-9,15H,4-6,10H2,1-3H3. The zero-order valence-electron chi connectivity index (χ0n) is 10.4. The van der Waals surface area contributed by atoms with E-state index in [2.05, 4.69) is 18.7 Å².